The molecule has 6 heteroatoms. The summed E-state index contributed by atoms with van der Waals surface area (Å²) in [7, 11) is 0. The lowest BCUT2D eigenvalue weighted by molar-refractivity contribution is -0.115. The smallest absolute Gasteiger partial charge is 0.277 e. The zero-order valence-corrected chi connectivity index (χ0v) is 15.1. The van der Waals surface area contributed by atoms with Gasteiger partial charge in [-0.3, -0.25) is 4.79 Å². The first-order chi connectivity index (χ1) is 12.0. The van der Waals surface area contributed by atoms with E-state index in [1.165, 1.54) is 11.8 Å². The molecule has 0 saturated heterocycles. The van der Waals surface area contributed by atoms with Crippen molar-refractivity contribution in [3.05, 3.63) is 59.7 Å². The Morgan fingerprint density at radius 3 is 2.60 bits per heavy atom. The fourth-order valence-corrected chi connectivity index (χ4v) is 3.03. The first-order valence-corrected chi connectivity index (χ1v) is 8.84. The average molecular weight is 353 g/mol. The molecule has 3 rings (SSSR count). The van der Waals surface area contributed by atoms with E-state index in [4.69, 9.17) is 4.42 Å². The van der Waals surface area contributed by atoms with Crippen LogP contribution in [-0.2, 0) is 4.79 Å². The molecule has 5 nitrogen and oxygen atoms in total. The number of aromatic nitrogens is 2. The summed E-state index contributed by atoms with van der Waals surface area (Å²) in [6, 6.07) is 15.5. The molecular formula is C19H19N3O2S. The number of hydrogen-bond donors (Lipinski definition) is 1. The summed E-state index contributed by atoms with van der Waals surface area (Å²) in [5.41, 5.74) is 3.87. The largest absolute Gasteiger partial charge is 0.411 e. The molecule has 1 unspecified atom stereocenters. The zero-order valence-electron chi connectivity index (χ0n) is 14.3. The number of benzene rings is 2. The molecule has 1 heterocycles. The number of nitrogens with zero attached hydrogens (tertiary/aromatic N) is 2. The van der Waals surface area contributed by atoms with Gasteiger partial charge in [0.05, 0.1) is 5.25 Å². The standard InChI is InChI=1S/C19H19N3O2S/c1-12-9-10-16(13(2)11-12)20-17(23)14(3)25-19-22-21-18(24-19)15-7-5-4-6-8-15/h4-11,14H,1-3H3,(H,20,23). The van der Waals surface area contributed by atoms with E-state index in [1.54, 1.807) is 0 Å². The second-order valence-electron chi connectivity index (χ2n) is 5.81. The summed E-state index contributed by atoms with van der Waals surface area (Å²) < 4.78 is 5.64. The molecule has 3 aromatic rings. The lowest BCUT2D eigenvalue weighted by Crippen LogP contribution is -2.22. The zero-order chi connectivity index (χ0) is 17.8. The highest BCUT2D eigenvalue weighted by molar-refractivity contribution is 8.00. The van der Waals surface area contributed by atoms with Gasteiger partial charge in [0.2, 0.25) is 11.8 Å². The number of carbonyl (C=O) groups is 1. The van der Waals surface area contributed by atoms with Crippen LogP contribution < -0.4 is 5.32 Å². The van der Waals surface area contributed by atoms with Crippen LogP contribution in [0.25, 0.3) is 11.5 Å². The number of hydrogen-bond acceptors (Lipinski definition) is 5. The molecule has 0 aliphatic rings. The normalized spacial score (nSPS) is 12.0. The fraction of sp³-hybridized carbons (Fsp3) is 0.211. The Morgan fingerprint density at radius 2 is 1.88 bits per heavy atom. The molecule has 1 atom stereocenters. The summed E-state index contributed by atoms with van der Waals surface area (Å²) >= 11 is 1.24. The summed E-state index contributed by atoms with van der Waals surface area (Å²) in [6.07, 6.45) is 0. The number of nitrogens with one attached hydrogen (secondary N) is 1. The Bertz CT molecular complexity index is 877. The van der Waals surface area contributed by atoms with E-state index in [0.717, 1.165) is 22.4 Å². The first kappa shape index (κ1) is 17.2. The topological polar surface area (TPSA) is 68.0 Å². The number of thioether (sulfide) groups is 1. The van der Waals surface area contributed by atoms with Gasteiger partial charge < -0.3 is 9.73 Å². The minimum atomic E-state index is -0.357. The van der Waals surface area contributed by atoms with Gasteiger partial charge in [-0.2, -0.15) is 0 Å². The van der Waals surface area contributed by atoms with Gasteiger partial charge >= 0.3 is 0 Å². The highest BCUT2D eigenvalue weighted by Crippen LogP contribution is 2.27. The molecule has 0 bridgehead atoms. The van der Waals surface area contributed by atoms with Crippen molar-refractivity contribution in [3.8, 4) is 11.5 Å². The number of amides is 1. The van der Waals surface area contributed by atoms with Gasteiger partial charge in [0.25, 0.3) is 5.22 Å². The molecule has 0 radical (unpaired) electrons. The van der Waals surface area contributed by atoms with Gasteiger partial charge in [-0.1, -0.05) is 47.7 Å². The molecule has 0 aliphatic heterocycles. The molecule has 128 valence electrons. The van der Waals surface area contributed by atoms with Crippen LogP contribution in [0.1, 0.15) is 18.1 Å². The van der Waals surface area contributed by atoms with Gasteiger partial charge in [-0.05, 0) is 44.5 Å². The maximum Gasteiger partial charge on any atom is 0.277 e. The van der Waals surface area contributed by atoms with E-state index in [2.05, 4.69) is 15.5 Å². The first-order valence-electron chi connectivity index (χ1n) is 7.96. The molecule has 0 spiro atoms. The van der Waals surface area contributed by atoms with Crippen LogP contribution in [0, 0.1) is 13.8 Å². The highest BCUT2D eigenvalue weighted by Gasteiger charge is 2.19. The highest BCUT2D eigenvalue weighted by atomic mass is 32.2. The molecule has 25 heavy (non-hydrogen) atoms. The SMILES string of the molecule is Cc1ccc(NC(=O)C(C)Sc2nnc(-c3ccccc3)o2)c(C)c1. The molecule has 1 aromatic heterocycles. The van der Waals surface area contributed by atoms with Crippen molar-refractivity contribution in [2.45, 2.75) is 31.2 Å². The Morgan fingerprint density at radius 1 is 1.12 bits per heavy atom. The van der Waals surface area contributed by atoms with Gasteiger partial charge in [-0.15, -0.1) is 10.2 Å². The van der Waals surface area contributed by atoms with Crippen LogP contribution in [0.4, 0.5) is 5.69 Å². The van der Waals surface area contributed by atoms with Crippen molar-refractivity contribution >= 4 is 23.4 Å². The van der Waals surface area contributed by atoms with Crippen LogP contribution in [0.15, 0.2) is 58.2 Å². The van der Waals surface area contributed by atoms with Crippen molar-refractivity contribution < 1.29 is 9.21 Å². The summed E-state index contributed by atoms with van der Waals surface area (Å²) in [5, 5.41) is 11.0. The summed E-state index contributed by atoms with van der Waals surface area (Å²) in [6.45, 7) is 5.82. The lowest BCUT2D eigenvalue weighted by Gasteiger charge is -2.12. The van der Waals surface area contributed by atoms with Gasteiger partial charge in [0.1, 0.15) is 0 Å². The quantitative estimate of drug-likeness (QED) is 0.685. The van der Waals surface area contributed by atoms with E-state index in [-0.39, 0.29) is 11.2 Å². The Balaban J connectivity index is 1.65. The minimum absolute atomic E-state index is 0.101. The Kier molecular flexibility index (Phi) is 5.19. The van der Waals surface area contributed by atoms with E-state index in [0.29, 0.717) is 11.1 Å². The van der Waals surface area contributed by atoms with Crippen molar-refractivity contribution in [1.82, 2.24) is 10.2 Å². The second kappa shape index (κ2) is 7.53. The van der Waals surface area contributed by atoms with Crippen molar-refractivity contribution in [3.63, 3.8) is 0 Å². The van der Waals surface area contributed by atoms with Crippen LogP contribution in [0.2, 0.25) is 0 Å². The molecule has 2 aromatic carbocycles. The second-order valence-corrected chi connectivity index (χ2v) is 7.10. The molecule has 0 saturated carbocycles. The van der Waals surface area contributed by atoms with E-state index < -0.39 is 0 Å². The summed E-state index contributed by atoms with van der Waals surface area (Å²) in [4.78, 5) is 12.4. The minimum Gasteiger partial charge on any atom is -0.411 e. The Hall–Kier alpha value is -2.60. The monoisotopic (exact) mass is 353 g/mol. The average Bonchev–Trinajstić information content (AvgIpc) is 3.06. The van der Waals surface area contributed by atoms with Crippen LogP contribution >= 0.6 is 11.8 Å². The number of aryl methyl sites for hydroxylation is 2. The van der Waals surface area contributed by atoms with Crippen LogP contribution in [0.5, 0.6) is 0 Å². The predicted molar refractivity (Wildman–Crippen MR) is 99.6 cm³/mol. The molecule has 0 aliphatic carbocycles. The van der Waals surface area contributed by atoms with Crippen molar-refractivity contribution in [2.24, 2.45) is 0 Å². The van der Waals surface area contributed by atoms with Gasteiger partial charge in [0, 0.05) is 11.3 Å². The third-order valence-corrected chi connectivity index (χ3v) is 4.65. The summed E-state index contributed by atoms with van der Waals surface area (Å²) in [5.74, 6) is 0.349. The number of carbonyl (C=O) groups excluding carboxylic acids is 1. The van der Waals surface area contributed by atoms with Crippen molar-refractivity contribution in [1.29, 1.82) is 0 Å². The maximum atomic E-state index is 12.4. The van der Waals surface area contributed by atoms with E-state index in [1.807, 2.05) is 69.3 Å². The molecule has 1 N–H and O–H groups in total. The fourth-order valence-electron chi connectivity index (χ4n) is 2.35. The number of anilines is 1. The predicted octanol–water partition coefficient (Wildman–Crippen LogP) is 4.47. The molecule has 0 fully saturated rings. The molecular weight excluding hydrogens is 334 g/mol. The van der Waals surface area contributed by atoms with E-state index in [9.17, 15) is 4.79 Å². The lowest BCUT2D eigenvalue weighted by atomic mass is 10.1. The van der Waals surface area contributed by atoms with Gasteiger partial charge in [0.15, 0.2) is 0 Å². The third-order valence-electron chi connectivity index (χ3n) is 3.71. The molecule has 1 amide bonds. The third kappa shape index (κ3) is 4.28. The Labute approximate surface area is 150 Å². The van der Waals surface area contributed by atoms with E-state index >= 15 is 0 Å². The van der Waals surface area contributed by atoms with Crippen LogP contribution in [0.3, 0.4) is 0 Å². The maximum absolute atomic E-state index is 12.4. The van der Waals surface area contributed by atoms with Crippen LogP contribution in [-0.4, -0.2) is 21.4 Å². The van der Waals surface area contributed by atoms with Gasteiger partial charge in [-0.25, -0.2) is 0 Å². The van der Waals surface area contributed by atoms with Crippen molar-refractivity contribution in [2.75, 3.05) is 5.32 Å². The number of rotatable bonds is 5.